The van der Waals surface area contributed by atoms with Crippen LogP contribution in [-0.4, -0.2) is 26.9 Å². The molecular formula is C12H20N4O. The number of rotatable bonds is 6. The molecule has 0 bridgehead atoms. The Morgan fingerprint density at radius 2 is 2.06 bits per heavy atom. The molecule has 2 saturated carbocycles. The second-order valence-electron chi connectivity index (χ2n) is 5.40. The van der Waals surface area contributed by atoms with Crippen LogP contribution in [0.2, 0.25) is 0 Å². The Balaban J connectivity index is 1.50. The van der Waals surface area contributed by atoms with Gasteiger partial charge in [-0.2, -0.15) is 5.10 Å². The maximum absolute atomic E-state index is 11.6. The van der Waals surface area contributed by atoms with Gasteiger partial charge in [-0.05, 0) is 37.5 Å². The Morgan fingerprint density at radius 3 is 2.53 bits per heavy atom. The minimum Gasteiger partial charge on any atom is -0.312 e. The number of hydrogen-bond donors (Lipinski definition) is 1. The van der Waals surface area contributed by atoms with Crippen molar-refractivity contribution in [2.75, 3.05) is 6.54 Å². The molecule has 0 amide bonds. The van der Waals surface area contributed by atoms with Crippen molar-refractivity contribution in [1.82, 2.24) is 19.7 Å². The zero-order chi connectivity index (χ0) is 11.8. The first-order valence-corrected chi connectivity index (χ1v) is 6.57. The molecule has 5 heteroatoms. The van der Waals surface area contributed by atoms with Crippen molar-refractivity contribution in [3.05, 3.63) is 16.8 Å². The van der Waals surface area contributed by atoms with Crippen LogP contribution in [-0.2, 0) is 13.6 Å². The fourth-order valence-electron chi connectivity index (χ4n) is 2.54. The molecule has 1 aromatic heterocycles. The Labute approximate surface area is 101 Å². The molecule has 0 aromatic carbocycles. The van der Waals surface area contributed by atoms with E-state index in [0.717, 1.165) is 18.4 Å². The zero-order valence-electron chi connectivity index (χ0n) is 10.3. The van der Waals surface area contributed by atoms with Gasteiger partial charge in [-0.25, -0.2) is 9.48 Å². The SMILES string of the molecule is Cn1cnn(CCNC(C2CC2)C2CC2)c1=O. The van der Waals surface area contributed by atoms with Crippen LogP contribution in [0.1, 0.15) is 25.7 Å². The summed E-state index contributed by atoms with van der Waals surface area (Å²) >= 11 is 0. The largest absolute Gasteiger partial charge is 0.345 e. The fourth-order valence-corrected chi connectivity index (χ4v) is 2.54. The van der Waals surface area contributed by atoms with Gasteiger partial charge in [0.2, 0.25) is 0 Å². The molecule has 94 valence electrons. The van der Waals surface area contributed by atoms with Crippen molar-refractivity contribution < 1.29 is 0 Å². The van der Waals surface area contributed by atoms with Crippen LogP contribution in [0.5, 0.6) is 0 Å². The summed E-state index contributed by atoms with van der Waals surface area (Å²) in [5.41, 5.74) is -0.0267. The van der Waals surface area contributed by atoms with Crippen LogP contribution in [0.3, 0.4) is 0 Å². The van der Waals surface area contributed by atoms with Gasteiger partial charge in [0, 0.05) is 19.6 Å². The number of nitrogens with zero attached hydrogens (tertiary/aromatic N) is 3. The van der Waals surface area contributed by atoms with Crippen LogP contribution >= 0.6 is 0 Å². The second-order valence-corrected chi connectivity index (χ2v) is 5.40. The predicted molar refractivity (Wildman–Crippen MR) is 64.7 cm³/mol. The summed E-state index contributed by atoms with van der Waals surface area (Å²) in [6.07, 6.45) is 7.12. The smallest absolute Gasteiger partial charge is 0.312 e. The molecule has 3 rings (SSSR count). The highest BCUT2D eigenvalue weighted by Gasteiger charge is 2.40. The molecule has 0 atom stereocenters. The Kier molecular flexibility index (Phi) is 2.78. The Morgan fingerprint density at radius 1 is 1.41 bits per heavy atom. The summed E-state index contributed by atoms with van der Waals surface area (Å²) in [5.74, 6) is 1.81. The third kappa shape index (κ3) is 2.44. The van der Waals surface area contributed by atoms with E-state index < -0.39 is 0 Å². The molecule has 1 heterocycles. The molecule has 0 spiro atoms. The van der Waals surface area contributed by atoms with E-state index in [1.54, 1.807) is 13.4 Å². The molecule has 0 radical (unpaired) electrons. The lowest BCUT2D eigenvalue weighted by molar-refractivity contribution is 0.398. The van der Waals surface area contributed by atoms with Gasteiger partial charge < -0.3 is 5.32 Å². The van der Waals surface area contributed by atoms with Crippen molar-refractivity contribution in [2.45, 2.75) is 38.3 Å². The van der Waals surface area contributed by atoms with Gasteiger partial charge in [0.15, 0.2) is 0 Å². The highest BCUT2D eigenvalue weighted by molar-refractivity contribution is 4.96. The van der Waals surface area contributed by atoms with E-state index in [0.29, 0.717) is 12.6 Å². The average molecular weight is 236 g/mol. The Bertz CT molecular complexity index is 430. The first kappa shape index (κ1) is 11.0. The molecule has 0 aliphatic heterocycles. The molecule has 2 aliphatic carbocycles. The van der Waals surface area contributed by atoms with Crippen LogP contribution in [0.4, 0.5) is 0 Å². The minimum atomic E-state index is -0.0267. The van der Waals surface area contributed by atoms with Gasteiger partial charge in [-0.15, -0.1) is 0 Å². The van der Waals surface area contributed by atoms with Gasteiger partial charge >= 0.3 is 5.69 Å². The van der Waals surface area contributed by atoms with Crippen LogP contribution in [0.25, 0.3) is 0 Å². The van der Waals surface area contributed by atoms with E-state index in [1.807, 2.05) is 0 Å². The molecule has 0 unspecified atom stereocenters. The van der Waals surface area contributed by atoms with Crippen molar-refractivity contribution >= 4 is 0 Å². The third-order valence-corrected chi connectivity index (χ3v) is 3.85. The van der Waals surface area contributed by atoms with Gasteiger partial charge in [-0.3, -0.25) is 4.57 Å². The monoisotopic (exact) mass is 236 g/mol. The van der Waals surface area contributed by atoms with E-state index in [4.69, 9.17) is 0 Å². The zero-order valence-corrected chi connectivity index (χ0v) is 10.3. The average Bonchev–Trinajstić information content (AvgIpc) is 3.20. The molecule has 0 saturated heterocycles. The van der Waals surface area contributed by atoms with Crippen molar-refractivity contribution in [3.63, 3.8) is 0 Å². The molecule has 2 fully saturated rings. The lowest BCUT2D eigenvalue weighted by Crippen LogP contribution is -2.37. The first-order valence-electron chi connectivity index (χ1n) is 6.57. The highest BCUT2D eigenvalue weighted by atomic mass is 16.2. The van der Waals surface area contributed by atoms with Crippen LogP contribution in [0, 0.1) is 11.8 Å². The summed E-state index contributed by atoms with van der Waals surface area (Å²) in [4.78, 5) is 11.6. The normalized spacial score (nSPS) is 20.1. The van der Waals surface area contributed by atoms with Gasteiger partial charge in [-0.1, -0.05) is 0 Å². The quantitative estimate of drug-likeness (QED) is 0.776. The summed E-state index contributed by atoms with van der Waals surface area (Å²) in [7, 11) is 1.73. The number of nitrogens with one attached hydrogen (secondary N) is 1. The predicted octanol–water partition coefficient (Wildman–Crippen LogP) is 0.360. The van der Waals surface area contributed by atoms with Gasteiger partial charge in [0.1, 0.15) is 6.33 Å². The Hall–Kier alpha value is -1.10. The van der Waals surface area contributed by atoms with Crippen molar-refractivity contribution in [2.24, 2.45) is 18.9 Å². The fraction of sp³-hybridized carbons (Fsp3) is 0.833. The summed E-state index contributed by atoms with van der Waals surface area (Å²) in [6, 6.07) is 0.703. The first-order chi connectivity index (χ1) is 8.25. The standard InChI is InChI=1S/C12H20N4O/c1-15-8-14-16(12(15)17)7-6-13-11(9-2-3-9)10-4-5-10/h8-11,13H,2-7H2,1H3. The topological polar surface area (TPSA) is 51.9 Å². The van der Waals surface area contributed by atoms with Crippen molar-refractivity contribution in [3.8, 4) is 0 Å². The molecule has 2 aliphatic rings. The lowest BCUT2D eigenvalue weighted by Gasteiger charge is -2.17. The lowest BCUT2D eigenvalue weighted by atomic mass is 10.1. The summed E-state index contributed by atoms with van der Waals surface area (Å²) in [6.45, 7) is 1.53. The maximum Gasteiger partial charge on any atom is 0.345 e. The summed E-state index contributed by atoms with van der Waals surface area (Å²) < 4.78 is 3.04. The van der Waals surface area contributed by atoms with Crippen LogP contribution in [0.15, 0.2) is 11.1 Å². The molecular weight excluding hydrogens is 216 g/mol. The molecule has 1 aromatic rings. The third-order valence-electron chi connectivity index (χ3n) is 3.85. The number of hydrogen-bond acceptors (Lipinski definition) is 3. The van der Waals surface area contributed by atoms with Gasteiger partial charge in [0.05, 0.1) is 6.54 Å². The maximum atomic E-state index is 11.6. The number of aromatic nitrogens is 3. The van der Waals surface area contributed by atoms with E-state index in [9.17, 15) is 4.79 Å². The second kappa shape index (κ2) is 4.29. The van der Waals surface area contributed by atoms with E-state index in [2.05, 4.69) is 10.4 Å². The van der Waals surface area contributed by atoms with Crippen molar-refractivity contribution in [1.29, 1.82) is 0 Å². The molecule has 1 N–H and O–H groups in total. The minimum absolute atomic E-state index is 0.0267. The highest BCUT2D eigenvalue weighted by Crippen LogP contribution is 2.44. The van der Waals surface area contributed by atoms with Crippen LogP contribution < -0.4 is 11.0 Å². The molecule has 5 nitrogen and oxygen atoms in total. The van der Waals surface area contributed by atoms with E-state index in [1.165, 1.54) is 34.9 Å². The summed E-state index contributed by atoms with van der Waals surface area (Å²) in [5, 5.41) is 7.68. The van der Waals surface area contributed by atoms with E-state index in [-0.39, 0.29) is 5.69 Å². The number of aryl methyl sites for hydroxylation is 1. The van der Waals surface area contributed by atoms with E-state index >= 15 is 0 Å². The molecule has 17 heavy (non-hydrogen) atoms. The van der Waals surface area contributed by atoms with Gasteiger partial charge in [0.25, 0.3) is 0 Å².